The van der Waals surface area contributed by atoms with Crippen molar-refractivity contribution in [3.63, 3.8) is 0 Å². The Labute approximate surface area is 172 Å². The van der Waals surface area contributed by atoms with Gasteiger partial charge < -0.3 is 10.8 Å². The van der Waals surface area contributed by atoms with E-state index in [1.807, 2.05) is 45.9 Å². The van der Waals surface area contributed by atoms with Crippen molar-refractivity contribution in [3.05, 3.63) is 52.5 Å². The first-order valence-electron chi connectivity index (χ1n) is 9.24. The van der Waals surface area contributed by atoms with Crippen LogP contribution < -0.4 is 15.5 Å². The molecule has 0 aliphatic heterocycles. The number of thiophene rings is 1. The number of anilines is 1. The minimum absolute atomic E-state index is 0.111. The molecule has 4 rings (SSSR count). The summed E-state index contributed by atoms with van der Waals surface area (Å²) in [4.78, 5) is 9.85. The summed E-state index contributed by atoms with van der Waals surface area (Å²) >= 11 is 1.24. The van der Waals surface area contributed by atoms with Crippen molar-refractivity contribution in [2.45, 2.75) is 33.7 Å². The molecule has 4 aromatic rings. The van der Waals surface area contributed by atoms with Crippen LogP contribution in [0.15, 0.2) is 46.0 Å². The van der Waals surface area contributed by atoms with Crippen LogP contribution in [0.2, 0.25) is 0 Å². The fraction of sp³-hybridized carbons (Fsp3) is 0.238. The molecule has 1 aromatic carbocycles. The standard InChI is InChI=1S/C21H21N5O2S/c1-11(2)26-10-16(28-25-26)23-20(27)19-17(22)15-9-13(4)18(24-21(15)29-19)14-7-5-12(3)6-8-14/h5-11H,1-4H3,(H2-,22,23,25,27). The fourth-order valence-electron chi connectivity index (χ4n) is 3.00. The van der Waals surface area contributed by atoms with Gasteiger partial charge in [0.1, 0.15) is 4.83 Å². The lowest BCUT2D eigenvalue weighted by Crippen LogP contribution is -2.36. The number of aromatic nitrogens is 3. The second-order valence-corrected chi connectivity index (χ2v) is 8.25. The Morgan fingerprint density at radius 1 is 1.24 bits per heavy atom. The smallest absolute Gasteiger partial charge is 0.320 e. The van der Waals surface area contributed by atoms with E-state index in [0.717, 1.165) is 22.2 Å². The molecule has 0 saturated heterocycles. The maximum absolute atomic E-state index is 12.7. The summed E-state index contributed by atoms with van der Waals surface area (Å²) in [5.74, 6) is -0.322. The molecule has 0 unspecified atom stereocenters. The molecule has 0 radical (unpaired) electrons. The SMILES string of the molecule is Cc1ccc(-c2nc3sc(/C([O-])=N/c4c[n+](C(C)C)no4)c(N)c3cc2C)cc1. The van der Waals surface area contributed by atoms with Gasteiger partial charge >= 0.3 is 5.88 Å². The highest BCUT2D eigenvalue weighted by atomic mass is 32.1. The second kappa shape index (κ2) is 7.29. The molecule has 0 amide bonds. The third kappa shape index (κ3) is 3.58. The van der Waals surface area contributed by atoms with Crippen LogP contribution in [0.1, 0.15) is 35.9 Å². The minimum Gasteiger partial charge on any atom is -0.857 e. The van der Waals surface area contributed by atoms with Crippen LogP contribution in [-0.2, 0) is 0 Å². The van der Waals surface area contributed by atoms with Crippen LogP contribution in [0.25, 0.3) is 21.5 Å². The molecule has 3 heterocycles. The van der Waals surface area contributed by atoms with Gasteiger partial charge in [0.05, 0.1) is 16.3 Å². The van der Waals surface area contributed by atoms with E-state index in [9.17, 15) is 5.11 Å². The van der Waals surface area contributed by atoms with Crippen molar-refractivity contribution in [2.75, 3.05) is 5.73 Å². The first-order chi connectivity index (χ1) is 13.8. The molecule has 0 spiro atoms. The number of nitrogens with zero attached hydrogens (tertiary/aromatic N) is 4. The minimum atomic E-state index is -0.466. The quantitative estimate of drug-likeness (QED) is 0.317. The molecular formula is C21H21N5O2S. The predicted octanol–water partition coefficient (Wildman–Crippen LogP) is 3.46. The van der Waals surface area contributed by atoms with Gasteiger partial charge in [0, 0.05) is 16.8 Å². The predicted molar refractivity (Wildman–Crippen MR) is 112 cm³/mol. The van der Waals surface area contributed by atoms with Gasteiger partial charge in [0.15, 0.2) is 6.04 Å². The Kier molecular flexibility index (Phi) is 4.79. The third-order valence-corrected chi connectivity index (χ3v) is 5.75. The molecule has 2 N–H and O–H groups in total. The average molecular weight is 407 g/mol. The van der Waals surface area contributed by atoms with E-state index in [2.05, 4.69) is 22.4 Å². The third-order valence-electron chi connectivity index (χ3n) is 4.64. The number of hydrogen-bond acceptors (Lipinski definition) is 7. The normalized spacial score (nSPS) is 12.2. The molecule has 0 aliphatic rings. The zero-order valence-corrected chi connectivity index (χ0v) is 17.4. The van der Waals surface area contributed by atoms with Crippen molar-refractivity contribution < 1.29 is 14.3 Å². The lowest BCUT2D eigenvalue weighted by atomic mass is 10.0. The largest absolute Gasteiger partial charge is 0.857 e. The summed E-state index contributed by atoms with van der Waals surface area (Å²) in [5, 5.41) is 17.3. The van der Waals surface area contributed by atoms with Crippen molar-refractivity contribution in [1.29, 1.82) is 0 Å². The number of nitrogens with two attached hydrogens (primary N) is 1. The van der Waals surface area contributed by atoms with Gasteiger partial charge in [0.2, 0.25) is 5.27 Å². The molecule has 0 saturated carbocycles. The number of rotatable bonds is 4. The van der Waals surface area contributed by atoms with Gasteiger partial charge in [-0.15, -0.1) is 11.3 Å². The van der Waals surface area contributed by atoms with Crippen molar-refractivity contribution in [1.82, 2.24) is 10.3 Å². The zero-order valence-electron chi connectivity index (χ0n) is 16.6. The van der Waals surface area contributed by atoms with Crippen molar-refractivity contribution in [3.8, 4) is 11.3 Å². The van der Waals surface area contributed by atoms with Crippen LogP contribution in [-0.4, -0.2) is 16.2 Å². The van der Waals surface area contributed by atoms with E-state index in [4.69, 9.17) is 15.2 Å². The summed E-state index contributed by atoms with van der Waals surface area (Å²) in [6, 6.07) is 10.3. The van der Waals surface area contributed by atoms with Crippen LogP contribution >= 0.6 is 11.3 Å². The summed E-state index contributed by atoms with van der Waals surface area (Å²) < 4.78 is 6.71. The van der Waals surface area contributed by atoms with Gasteiger partial charge in [0.25, 0.3) is 6.20 Å². The summed E-state index contributed by atoms with van der Waals surface area (Å²) in [5.41, 5.74) is 10.7. The van der Waals surface area contributed by atoms with Crippen molar-refractivity contribution in [2.24, 2.45) is 4.99 Å². The highest BCUT2D eigenvalue weighted by Crippen LogP contribution is 2.36. The van der Waals surface area contributed by atoms with Gasteiger partial charge in [-0.2, -0.15) is 0 Å². The van der Waals surface area contributed by atoms with Crippen LogP contribution in [0.3, 0.4) is 0 Å². The first-order valence-corrected chi connectivity index (χ1v) is 10.1. The molecule has 148 valence electrons. The number of aliphatic imine (C=N–C) groups is 1. The van der Waals surface area contributed by atoms with Crippen LogP contribution in [0, 0.1) is 13.8 Å². The molecule has 0 fully saturated rings. The molecule has 29 heavy (non-hydrogen) atoms. The molecule has 8 heteroatoms. The van der Waals surface area contributed by atoms with Crippen molar-refractivity contribution >= 4 is 39.0 Å². The van der Waals surface area contributed by atoms with Crippen LogP contribution in [0.5, 0.6) is 0 Å². The number of hydrogen-bond donors (Lipinski definition) is 1. The van der Waals surface area contributed by atoms with Gasteiger partial charge in [-0.1, -0.05) is 29.8 Å². The van der Waals surface area contributed by atoms with E-state index in [0.29, 0.717) is 15.4 Å². The molecule has 3 aromatic heterocycles. The molecule has 0 atom stereocenters. The number of aryl methyl sites for hydroxylation is 2. The van der Waals surface area contributed by atoms with E-state index < -0.39 is 5.90 Å². The lowest BCUT2D eigenvalue weighted by Gasteiger charge is -2.07. The zero-order chi connectivity index (χ0) is 20.7. The topological polar surface area (TPSA) is 104 Å². The second-order valence-electron chi connectivity index (χ2n) is 7.25. The monoisotopic (exact) mass is 407 g/mol. The lowest BCUT2D eigenvalue weighted by molar-refractivity contribution is -0.779. The highest BCUT2D eigenvalue weighted by molar-refractivity contribution is 7.21. The molecule has 0 bridgehead atoms. The Bertz CT molecular complexity index is 1220. The summed E-state index contributed by atoms with van der Waals surface area (Å²) in [6.07, 6.45) is 1.59. The summed E-state index contributed by atoms with van der Waals surface area (Å²) in [6.45, 7) is 7.95. The van der Waals surface area contributed by atoms with Gasteiger partial charge in [-0.25, -0.2) is 9.98 Å². The van der Waals surface area contributed by atoms with E-state index >= 15 is 0 Å². The Hall–Kier alpha value is -3.26. The number of pyridine rings is 1. The highest BCUT2D eigenvalue weighted by Gasteiger charge is 2.17. The van der Waals surface area contributed by atoms with E-state index in [1.165, 1.54) is 16.9 Å². The number of nitrogen functional groups attached to an aromatic ring is 1. The van der Waals surface area contributed by atoms with Crippen LogP contribution in [0.4, 0.5) is 11.6 Å². The Morgan fingerprint density at radius 3 is 2.62 bits per heavy atom. The fourth-order valence-corrected chi connectivity index (χ4v) is 3.96. The molecule has 0 aliphatic carbocycles. The number of fused-ring (bicyclic) bond motifs is 1. The average Bonchev–Trinajstić information content (AvgIpc) is 3.27. The Morgan fingerprint density at radius 2 is 1.97 bits per heavy atom. The molecular weight excluding hydrogens is 386 g/mol. The molecule has 7 nitrogen and oxygen atoms in total. The first kappa shape index (κ1) is 19.1. The maximum Gasteiger partial charge on any atom is 0.320 e. The van der Waals surface area contributed by atoms with E-state index in [1.54, 1.807) is 10.9 Å². The summed E-state index contributed by atoms with van der Waals surface area (Å²) in [7, 11) is 0. The van der Waals surface area contributed by atoms with E-state index in [-0.39, 0.29) is 11.9 Å². The van der Waals surface area contributed by atoms with Gasteiger partial charge in [-0.3, -0.25) is 4.52 Å². The Balaban J connectivity index is 1.76. The maximum atomic E-state index is 12.7. The van der Waals surface area contributed by atoms with Gasteiger partial charge in [-0.05, 0) is 44.0 Å². The number of benzene rings is 1.